The summed E-state index contributed by atoms with van der Waals surface area (Å²) in [7, 11) is 0. The number of nitrogens with zero attached hydrogens (tertiary/aromatic N) is 4. The number of alkyl halides is 3. The lowest BCUT2D eigenvalue weighted by Crippen LogP contribution is -2.33. The molecule has 1 aromatic carbocycles. The summed E-state index contributed by atoms with van der Waals surface area (Å²) in [5.74, 6) is -0.804. The first-order valence-electron chi connectivity index (χ1n) is 10.0. The molecule has 3 heterocycles. The van der Waals surface area contributed by atoms with Crippen molar-refractivity contribution in [3.8, 4) is 0 Å². The highest BCUT2D eigenvalue weighted by Gasteiger charge is 2.36. The Hall–Kier alpha value is -3.31. The summed E-state index contributed by atoms with van der Waals surface area (Å²) in [6.45, 7) is 2.45. The van der Waals surface area contributed by atoms with Crippen molar-refractivity contribution in [2.45, 2.75) is 31.7 Å². The van der Waals surface area contributed by atoms with Crippen LogP contribution in [0.5, 0.6) is 0 Å². The molecule has 32 heavy (non-hydrogen) atoms. The number of hydrogen-bond donors (Lipinski definition) is 1. The topological polar surface area (TPSA) is 79.7 Å². The molecular weight excluding hydrogens is 434 g/mol. The zero-order valence-electron chi connectivity index (χ0n) is 17.1. The number of benzene rings is 1. The third-order valence-electron chi connectivity index (χ3n) is 5.47. The highest BCUT2D eigenvalue weighted by atomic mass is 19.4. The molecule has 4 rings (SSSR count). The highest BCUT2D eigenvalue weighted by molar-refractivity contribution is 5.90. The molecule has 2 fully saturated rings. The standard InChI is InChI=1S/C20H21F4N5O3/c1-12(30)25-9-15-11-28(19(31)32-15)13-2-3-17(16(21)8-13)27-6-4-14(10-27)29-7-5-18(26-29)20(22,23)24/h2-3,5,7-8,14-15H,4,6,9-11H2,1H3,(H,25,30)/t14-,15+/m1/s1. The molecule has 0 spiro atoms. The minimum Gasteiger partial charge on any atom is -0.442 e. The van der Waals surface area contributed by atoms with Crippen LogP contribution in [0.4, 0.5) is 33.7 Å². The summed E-state index contributed by atoms with van der Waals surface area (Å²) < 4.78 is 59.7. The first-order valence-corrected chi connectivity index (χ1v) is 10.0. The van der Waals surface area contributed by atoms with Gasteiger partial charge in [-0.1, -0.05) is 0 Å². The van der Waals surface area contributed by atoms with Gasteiger partial charge in [0.25, 0.3) is 0 Å². The van der Waals surface area contributed by atoms with Crippen LogP contribution in [0.25, 0.3) is 0 Å². The molecule has 2 aliphatic rings. The molecular formula is C20H21F4N5O3. The van der Waals surface area contributed by atoms with Gasteiger partial charge in [-0.2, -0.15) is 18.3 Å². The number of rotatable bonds is 5. The molecule has 0 bridgehead atoms. The van der Waals surface area contributed by atoms with Gasteiger partial charge in [-0.25, -0.2) is 9.18 Å². The number of hydrogen-bond acceptors (Lipinski definition) is 5. The Morgan fingerprint density at radius 3 is 2.72 bits per heavy atom. The Kier molecular flexibility index (Phi) is 5.70. The number of amides is 2. The van der Waals surface area contributed by atoms with Crippen molar-refractivity contribution in [2.24, 2.45) is 0 Å². The van der Waals surface area contributed by atoms with Crippen LogP contribution in [0.2, 0.25) is 0 Å². The van der Waals surface area contributed by atoms with Crippen molar-refractivity contribution < 1.29 is 31.9 Å². The van der Waals surface area contributed by atoms with E-state index >= 15 is 0 Å². The summed E-state index contributed by atoms with van der Waals surface area (Å²) in [6, 6.07) is 4.95. The fourth-order valence-corrected chi connectivity index (χ4v) is 3.89. The van der Waals surface area contributed by atoms with Crippen molar-refractivity contribution in [3.63, 3.8) is 0 Å². The van der Waals surface area contributed by atoms with Crippen LogP contribution in [0.3, 0.4) is 0 Å². The number of nitrogens with one attached hydrogen (secondary N) is 1. The fourth-order valence-electron chi connectivity index (χ4n) is 3.89. The van der Waals surface area contributed by atoms with Gasteiger partial charge in [0.2, 0.25) is 5.91 Å². The number of ether oxygens (including phenoxy) is 1. The molecule has 2 amide bonds. The summed E-state index contributed by atoms with van der Waals surface area (Å²) in [4.78, 5) is 26.2. The van der Waals surface area contributed by atoms with Crippen molar-refractivity contribution >= 4 is 23.4 Å². The average molecular weight is 455 g/mol. The van der Waals surface area contributed by atoms with Gasteiger partial charge in [-0.3, -0.25) is 14.4 Å². The second kappa shape index (κ2) is 8.32. The van der Waals surface area contributed by atoms with E-state index in [0.29, 0.717) is 30.9 Å². The van der Waals surface area contributed by atoms with Gasteiger partial charge in [0.1, 0.15) is 11.9 Å². The Morgan fingerprint density at radius 1 is 1.28 bits per heavy atom. The molecule has 2 saturated heterocycles. The van der Waals surface area contributed by atoms with Crippen LogP contribution in [0.15, 0.2) is 30.5 Å². The zero-order chi connectivity index (χ0) is 23.0. The molecule has 12 heteroatoms. The third-order valence-corrected chi connectivity index (χ3v) is 5.47. The summed E-state index contributed by atoms with van der Waals surface area (Å²) >= 11 is 0. The molecule has 2 aromatic rings. The molecule has 0 aliphatic carbocycles. The van der Waals surface area contributed by atoms with E-state index in [4.69, 9.17) is 4.74 Å². The predicted molar refractivity (Wildman–Crippen MR) is 106 cm³/mol. The lowest BCUT2D eigenvalue weighted by molar-refractivity contribution is -0.141. The van der Waals surface area contributed by atoms with Gasteiger partial charge in [0.05, 0.1) is 30.5 Å². The van der Waals surface area contributed by atoms with E-state index in [2.05, 4.69) is 10.4 Å². The van der Waals surface area contributed by atoms with Crippen molar-refractivity contribution in [2.75, 3.05) is 36.0 Å². The van der Waals surface area contributed by atoms with E-state index in [1.165, 1.54) is 34.8 Å². The molecule has 2 atom stereocenters. The Balaban J connectivity index is 1.42. The Bertz CT molecular complexity index is 1020. The second-order valence-corrected chi connectivity index (χ2v) is 7.76. The van der Waals surface area contributed by atoms with E-state index in [-0.39, 0.29) is 25.0 Å². The quantitative estimate of drug-likeness (QED) is 0.702. The maximum absolute atomic E-state index is 14.9. The molecule has 8 nitrogen and oxygen atoms in total. The lowest BCUT2D eigenvalue weighted by atomic mass is 10.2. The van der Waals surface area contributed by atoms with Crippen molar-refractivity contribution in [1.82, 2.24) is 15.1 Å². The van der Waals surface area contributed by atoms with E-state index in [0.717, 1.165) is 6.07 Å². The SMILES string of the molecule is CC(=O)NC[C@H]1CN(c2ccc(N3CC[C@@H](n4ccc(C(F)(F)F)n4)C3)c(F)c2)C(=O)O1. The smallest absolute Gasteiger partial charge is 0.435 e. The highest BCUT2D eigenvalue weighted by Crippen LogP contribution is 2.33. The summed E-state index contributed by atoms with van der Waals surface area (Å²) in [6.07, 6.45) is -3.88. The van der Waals surface area contributed by atoms with E-state index in [1.54, 1.807) is 11.0 Å². The average Bonchev–Trinajstić information content (AvgIpc) is 3.45. The van der Waals surface area contributed by atoms with Gasteiger partial charge in [-0.05, 0) is 30.7 Å². The Labute approximate surface area is 180 Å². The van der Waals surface area contributed by atoms with Crippen LogP contribution >= 0.6 is 0 Å². The fraction of sp³-hybridized carbons (Fsp3) is 0.450. The minimum atomic E-state index is -4.51. The van der Waals surface area contributed by atoms with Gasteiger partial charge < -0.3 is 15.0 Å². The third kappa shape index (κ3) is 4.48. The number of aromatic nitrogens is 2. The van der Waals surface area contributed by atoms with Crippen molar-refractivity contribution in [3.05, 3.63) is 42.0 Å². The molecule has 0 saturated carbocycles. The molecule has 0 radical (unpaired) electrons. The maximum atomic E-state index is 14.9. The number of cyclic esters (lactones) is 1. The predicted octanol–water partition coefficient (Wildman–Crippen LogP) is 2.95. The maximum Gasteiger partial charge on any atom is 0.435 e. The molecule has 1 aromatic heterocycles. The van der Waals surface area contributed by atoms with Crippen LogP contribution in [0, 0.1) is 5.82 Å². The van der Waals surface area contributed by atoms with Crippen LogP contribution in [-0.2, 0) is 15.7 Å². The van der Waals surface area contributed by atoms with Crippen molar-refractivity contribution in [1.29, 1.82) is 0 Å². The van der Waals surface area contributed by atoms with E-state index in [9.17, 15) is 27.2 Å². The van der Waals surface area contributed by atoms with Gasteiger partial charge in [0, 0.05) is 26.2 Å². The first-order chi connectivity index (χ1) is 15.1. The van der Waals surface area contributed by atoms with Crippen LogP contribution in [-0.4, -0.2) is 54.1 Å². The van der Waals surface area contributed by atoms with E-state index < -0.39 is 29.9 Å². The number of carbonyl (C=O) groups excluding carboxylic acids is 2. The summed E-state index contributed by atoms with van der Waals surface area (Å²) in [5, 5.41) is 6.18. The Morgan fingerprint density at radius 2 is 2.06 bits per heavy atom. The van der Waals surface area contributed by atoms with Gasteiger partial charge >= 0.3 is 12.3 Å². The molecule has 0 unspecified atom stereocenters. The molecule has 172 valence electrons. The number of halogens is 4. The molecule has 2 aliphatic heterocycles. The summed E-state index contributed by atoms with van der Waals surface area (Å²) in [5.41, 5.74) is -0.346. The van der Waals surface area contributed by atoms with Crippen LogP contribution < -0.4 is 15.1 Å². The normalized spacial score (nSPS) is 21.2. The van der Waals surface area contributed by atoms with Gasteiger partial charge in [-0.15, -0.1) is 0 Å². The monoisotopic (exact) mass is 455 g/mol. The number of carbonyl (C=O) groups is 2. The van der Waals surface area contributed by atoms with Crippen LogP contribution in [0.1, 0.15) is 25.1 Å². The minimum absolute atomic E-state index is 0.163. The number of anilines is 2. The zero-order valence-corrected chi connectivity index (χ0v) is 17.1. The molecule has 1 N–H and O–H groups in total. The second-order valence-electron chi connectivity index (χ2n) is 7.76. The van der Waals surface area contributed by atoms with Gasteiger partial charge in [0.15, 0.2) is 5.69 Å². The lowest BCUT2D eigenvalue weighted by Gasteiger charge is -2.21. The van der Waals surface area contributed by atoms with E-state index in [1.807, 2.05) is 0 Å². The largest absolute Gasteiger partial charge is 0.442 e. The first kappa shape index (κ1) is 21.9.